The Morgan fingerprint density at radius 1 is 1.18 bits per heavy atom. The number of carbonyl (C=O) groups is 1. The maximum absolute atomic E-state index is 14.2. The number of halogens is 2. The van der Waals surface area contributed by atoms with E-state index in [0.29, 0.717) is 48.8 Å². The number of urea groups is 1. The number of nitrogens with one attached hydrogen (secondary N) is 6. The van der Waals surface area contributed by atoms with Gasteiger partial charge in [-0.2, -0.15) is 0 Å². The van der Waals surface area contributed by atoms with Crippen molar-refractivity contribution in [2.75, 3.05) is 51.7 Å². The maximum atomic E-state index is 14.2. The van der Waals surface area contributed by atoms with Crippen molar-refractivity contribution in [3.05, 3.63) is 46.3 Å². The van der Waals surface area contributed by atoms with Crippen LogP contribution in [0.15, 0.2) is 29.6 Å². The number of hydrogen-bond acceptors (Lipinski definition) is 6. The van der Waals surface area contributed by atoms with E-state index in [1.54, 1.807) is 31.3 Å². The van der Waals surface area contributed by atoms with Crippen molar-refractivity contribution in [3.63, 3.8) is 0 Å². The van der Waals surface area contributed by atoms with E-state index in [2.05, 4.69) is 21.3 Å². The van der Waals surface area contributed by atoms with Gasteiger partial charge in [-0.25, -0.2) is 13.6 Å². The molecule has 1 aromatic rings. The second kappa shape index (κ2) is 12.4. The lowest BCUT2D eigenvalue weighted by molar-refractivity contribution is 0.151. The monoisotopic (exact) mass is 528 g/mol. The Hall–Kier alpha value is -3.47. The highest BCUT2D eigenvalue weighted by Crippen LogP contribution is 2.38. The van der Waals surface area contributed by atoms with E-state index in [9.17, 15) is 19.0 Å². The van der Waals surface area contributed by atoms with Gasteiger partial charge in [-0.3, -0.25) is 5.41 Å². The van der Waals surface area contributed by atoms with Crippen LogP contribution in [0.1, 0.15) is 48.8 Å². The topological polar surface area (TPSA) is 119 Å². The Balaban J connectivity index is 1.73. The Morgan fingerprint density at radius 3 is 2.61 bits per heavy atom. The number of amides is 2. The summed E-state index contributed by atoms with van der Waals surface area (Å²) < 4.78 is 28.5. The van der Waals surface area contributed by atoms with Crippen molar-refractivity contribution < 1.29 is 13.6 Å². The summed E-state index contributed by atoms with van der Waals surface area (Å²) in [5, 5.41) is 29.6. The molecule has 1 fully saturated rings. The summed E-state index contributed by atoms with van der Waals surface area (Å²) in [7, 11) is 3.26. The Labute approximate surface area is 222 Å². The van der Waals surface area contributed by atoms with Crippen LogP contribution in [0, 0.1) is 10.8 Å². The van der Waals surface area contributed by atoms with Crippen molar-refractivity contribution in [1.29, 1.82) is 10.8 Å². The molecule has 3 aliphatic rings. The van der Waals surface area contributed by atoms with Gasteiger partial charge >= 0.3 is 6.03 Å². The first-order valence-corrected chi connectivity index (χ1v) is 13.2. The number of hydrogen-bond donors (Lipinski definition) is 6. The predicted molar refractivity (Wildman–Crippen MR) is 147 cm³/mol. The molecule has 0 atom stereocenters. The molecule has 0 saturated carbocycles. The van der Waals surface area contributed by atoms with Gasteiger partial charge in [-0.15, -0.1) is 0 Å². The van der Waals surface area contributed by atoms with Crippen LogP contribution in [-0.2, 0) is 6.42 Å². The molecule has 0 aliphatic carbocycles. The molecule has 2 amide bonds. The minimum absolute atomic E-state index is 0.161. The molecule has 1 aromatic carbocycles. The number of fused-ring (bicyclic) bond motifs is 1. The number of aryl methyl sites for hydroxylation is 1. The fraction of sp³-hybridized carbons (Fsp3) is 0.519. The Kier molecular flexibility index (Phi) is 8.98. The lowest BCUT2D eigenvalue weighted by atomic mass is 9.91. The highest BCUT2D eigenvalue weighted by Gasteiger charge is 2.32. The van der Waals surface area contributed by atoms with Crippen LogP contribution in [0.5, 0.6) is 0 Å². The molecule has 0 aromatic heterocycles. The first kappa shape index (κ1) is 27.6. The highest BCUT2D eigenvalue weighted by atomic mass is 19.3. The third kappa shape index (κ3) is 5.82. The number of piperidine rings is 1. The van der Waals surface area contributed by atoms with Gasteiger partial charge < -0.3 is 36.5 Å². The average Bonchev–Trinajstić information content (AvgIpc) is 2.94. The van der Waals surface area contributed by atoms with Crippen molar-refractivity contribution >= 4 is 29.3 Å². The minimum atomic E-state index is -2.73. The van der Waals surface area contributed by atoms with Gasteiger partial charge in [0.2, 0.25) is 0 Å². The molecule has 6 N–H and O–H groups in total. The standard InChI is InChI=1S/C27H38F2N8O/c1-32-15-18(14-30)20-12-17-4-3-10-37(24(17)13-21(20)25(28)29)26(31)22-16-36(27(38)33-2)11-7-23(22)35-19-5-8-34-9-6-19/h12-15,19,25,30-32,34-35H,3-11,16H2,1-2H3,(H,33,38)/b18-15+,30-14?,31-26?. The minimum Gasteiger partial charge on any atom is -0.393 e. The van der Waals surface area contributed by atoms with Crippen molar-refractivity contribution in [2.24, 2.45) is 0 Å². The molecule has 0 radical (unpaired) electrons. The molecule has 1 saturated heterocycles. The van der Waals surface area contributed by atoms with E-state index < -0.39 is 6.43 Å². The number of nitrogens with zero attached hydrogens (tertiary/aromatic N) is 2. The summed E-state index contributed by atoms with van der Waals surface area (Å²) in [6.45, 7) is 3.21. The summed E-state index contributed by atoms with van der Waals surface area (Å²) in [4.78, 5) is 16.0. The summed E-state index contributed by atoms with van der Waals surface area (Å²) in [5.41, 5.74) is 3.70. The first-order chi connectivity index (χ1) is 18.4. The number of benzene rings is 1. The third-order valence-corrected chi connectivity index (χ3v) is 7.49. The smallest absolute Gasteiger partial charge is 0.317 e. The molecule has 38 heavy (non-hydrogen) atoms. The summed E-state index contributed by atoms with van der Waals surface area (Å²) in [6.07, 6.45) is 3.91. The van der Waals surface area contributed by atoms with Crippen LogP contribution >= 0.6 is 0 Å². The number of rotatable bonds is 7. The molecule has 3 aliphatic heterocycles. The second-order valence-corrected chi connectivity index (χ2v) is 9.86. The van der Waals surface area contributed by atoms with Crippen molar-refractivity contribution in [3.8, 4) is 0 Å². The van der Waals surface area contributed by atoms with E-state index in [0.717, 1.165) is 55.4 Å². The fourth-order valence-corrected chi connectivity index (χ4v) is 5.51. The van der Waals surface area contributed by atoms with E-state index in [-0.39, 0.29) is 24.0 Å². The molecule has 3 heterocycles. The Morgan fingerprint density at radius 2 is 1.95 bits per heavy atom. The lowest BCUT2D eigenvalue weighted by Gasteiger charge is -2.38. The second-order valence-electron chi connectivity index (χ2n) is 9.86. The number of amidine groups is 1. The van der Waals surface area contributed by atoms with E-state index in [4.69, 9.17) is 5.41 Å². The van der Waals surface area contributed by atoms with Crippen LogP contribution in [0.3, 0.4) is 0 Å². The molecule has 9 nitrogen and oxygen atoms in total. The molecule has 0 spiro atoms. The van der Waals surface area contributed by atoms with Crippen LogP contribution in [0.4, 0.5) is 19.3 Å². The fourth-order valence-electron chi connectivity index (χ4n) is 5.51. The predicted octanol–water partition coefficient (Wildman–Crippen LogP) is 3.20. The lowest BCUT2D eigenvalue weighted by Crippen LogP contribution is -2.49. The molecule has 206 valence electrons. The molecular formula is C27H38F2N8O. The van der Waals surface area contributed by atoms with Crippen LogP contribution in [0.2, 0.25) is 0 Å². The number of carbonyl (C=O) groups excluding carboxylic acids is 1. The maximum Gasteiger partial charge on any atom is 0.317 e. The Bertz CT molecular complexity index is 1130. The largest absolute Gasteiger partial charge is 0.393 e. The number of allylic oxidation sites excluding steroid dienone is 1. The van der Waals surface area contributed by atoms with E-state index in [1.165, 1.54) is 6.07 Å². The SMILES string of the molecule is CN/C=C(\C=N)c1cc2c(cc1C(F)F)N(C(=N)C1=C(NC3CCNCC3)CCN(C(=O)NC)C1)CCC2. The normalized spacial score (nSPS) is 18.8. The average molecular weight is 529 g/mol. The summed E-state index contributed by atoms with van der Waals surface area (Å²) >= 11 is 0. The first-order valence-electron chi connectivity index (χ1n) is 13.2. The zero-order valence-corrected chi connectivity index (χ0v) is 22.1. The third-order valence-electron chi connectivity index (χ3n) is 7.49. The van der Waals surface area contributed by atoms with Gasteiger partial charge in [0.05, 0.1) is 6.54 Å². The van der Waals surface area contributed by atoms with E-state index in [1.807, 2.05) is 4.90 Å². The molecular weight excluding hydrogens is 490 g/mol. The van der Waals surface area contributed by atoms with Gasteiger partial charge in [0.25, 0.3) is 6.43 Å². The summed E-state index contributed by atoms with van der Waals surface area (Å²) in [6, 6.07) is 3.32. The van der Waals surface area contributed by atoms with E-state index >= 15 is 0 Å². The van der Waals surface area contributed by atoms with Crippen LogP contribution in [-0.4, -0.2) is 75.8 Å². The highest BCUT2D eigenvalue weighted by molar-refractivity contribution is 6.11. The number of alkyl halides is 2. The quantitative estimate of drug-likeness (QED) is 0.240. The molecule has 0 unspecified atom stereocenters. The van der Waals surface area contributed by atoms with Crippen molar-refractivity contribution in [2.45, 2.75) is 44.6 Å². The van der Waals surface area contributed by atoms with Gasteiger partial charge in [-0.05, 0) is 62.0 Å². The number of anilines is 1. The van der Waals surface area contributed by atoms with Crippen molar-refractivity contribution in [1.82, 2.24) is 26.2 Å². The van der Waals surface area contributed by atoms with Gasteiger partial charge in [-0.1, -0.05) is 0 Å². The molecule has 0 bridgehead atoms. The van der Waals surface area contributed by atoms with Crippen LogP contribution in [0.25, 0.3) is 5.57 Å². The van der Waals surface area contributed by atoms with Gasteiger partial charge in [0.1, 0.15) is 5.84 Å². The van der Waals surface area contributed by atoms with Crippen LogP contribution < -0.4 is 26.2 Å². The zero-order valence-electron chi connectivity index (χ0n) is 22.1. The van der Waals surface area contributed by atoms with Gasteiger partial charge in [0, 0.05) is 80.2 Å². The zero-order chi connectivity index (χ0) is 27.2. The molecule has 11 heteroatoms. The van der Waals surface area contributed by atoms with Gasteiger partial charge in [0.15, 0.2) is 0 Å². The molecule has 4 rings (SSSR count). The summed E-state index contributed by atoms with van der Waals surface area (Å²) in [5.74, 6) is 0.238.